The number of alkyl halides is 2. The van der Waals surface area contributed by atoms with Crippen LogP contribution in [0.25, 0.3) is 11.0 Å². The zero-order valence-electron chi connectivity index (χ0n) is 11.9. The number of fused-ring (bicyclic) bond motifs is 1. The Morgan fingerprint density at radius 1 is 1.43 bits per heavy atom. The molecule has 0 amide bonds. The molecular weight excluding hydrogens is 276 g/mol. The van der Waals surface area contributed by atoms with Crippen LogP contribution in [0.15, 0.2) is 18.2 Å². The number of ether oxygens (including phenoxy) is 1. The van der Waals surface area contributed by atoms with Crippen molar-refractivity contribution in [3.63, 3.8) is 0 Å². The van der Waals surface area contributed by atoms with Crippen LogP contribution >= 0.6 is 0 Å². The third-order valence-corrected chi connectivity index (χ3v) is 3.12. The number of aromatic nitrogens is 2. The second-order valence-electron chi connectivity index (χ2n) is 4.71. The molecule has 2 aromatic rings. The predicted molar refractivity (Wildman–Crippen MR) is 75.3 cm³/mol. The van der Waals surface area contributed by atoms with Crippen LogP contribution in [-0.2, 0) is 17.7 Å². The summed E-state index contributed by atoms with van der Waals surface area (Å²) in [6, 6.07) is 7.46. The maximum absolute atomic E-state index is 12.0. The van der Waals surface area contributed by atoms with Crippen LogP contribution in [-0.4, -0.2) is 29.2 Å². The molecule has 0 saturated heterocycles. The molecule has 2 rings (SSSR count). The summed E-state index contributed by atoms with van der Waals surface area (Å²) in [4.78, 5) is 4.50. The SMILES string of the molecule is CCCn1c(CCOCC(F)F)nc2cc(C#N)ccc21. The summed E-state index contributed by atoms with van der Waals surface area (Å²) in [6.07, 6.45) is -1.03. The normalized spacial score (nSPS) is 11.2. The van der Waals surface area contributed by atoms with Crippen LogP contribution in [0.2, 0.25) is 0 Å². The van der Waals surface area contributed by atoms with Crippen molar-refractivity contribution in [1.29, 1.82) is 5.26 Å². The molecule has 0 radical (unpaired) electrons. The van der Waals surface area contributed by atoms with E-state index < -0.39 is 13.0 Å². The van der Waals surface area contributed by atoms with Crippen molar-refractivity contribution < 1.29 is 13.5 Å². The molecule has 0 fully saturated rings. The second kappa shape index (κ2) is 7.14. The summed E-state index contributed by atoms with van der Waals surface area (Å²) in [6.45, 7) is 2.52. The molecule has 0 spiro atoms. The van der Waals surface area contributed by atoms with E-state index in [2.05, 4.69) is 22.5 Å². The molecule has 0 atom stereocenters. The van der Waals surface area contributed by atoms with E-state index in [1.165, 1.54) is 0 Å². The first-order chi connectivity index (χ1) is 10.2. The molecule has 21 heavy (non-hydrogen) atoms. The number of halogens is 2. The molecule has 112 valence electrons. The highest BCUT2D eigenvalue weighted by molar-refractivity contribution is 5.77. The van der Waals surface area contributed by atoms with Crippen molar-refractivity contribution >= 4 is 11.0 Å². The minimum absolute atomic E-state index is 0.211. The molecule has 0 aliphatic rings. The molecule has 0 saturated carbocycles. The Hall–Kier alpha value is -2.00. The molecule has 1 aromatic carbocycles. The van der Waals surface area contributed by atoms with Gasteiger partial charge in [-0.3, -0.25) is 0 Å². The minimum Gasteiger partial charge on any atom is -0.375 e. The smallest absolute Gasteiger partial charge is 0.261 e. The number of hydrogen-bond acceptors (Lipinski definition) is 3. The largest absolute Gasteiger partial charge is 0.375 e. The van der Waals surface area contributed by atoms with E-state index in [9.17, 15) is 8.78 Å². The van der Waals surface area contributed by atoms with Crippen LogP contribution in [0.3, 0.4) is 0 Å². The fourth-order valence-electron chi connectivity index (χ4n) is 2.25. The number of hydrogen-bond donors (Lipinski definition) is 0. The van der Waals surface area contributed by atoms with E-state index in [0.29, 0.717) is 12.0 Å². The van der Waals surface area contributed by atoms with Crippen molar-refractivity contribution in [3.8, 4) is 6.07 Å². The Bertz CT molecular complexity index is 646. The van der Waals surface area contributed by atoms with Gasteiger partial charge in [0.05, 0.1) is 29.3 Å². The Kier molecular flexibility index (Phi) is 5.23. The summed E-state index contributed by atoms with van der Waals surface area (Å²) in [5.74, 6) is 0.802. The van der Waals surface area contributed by atoms with Crippen molar-refractivity contribution in [2.45, 2.75) is 32.7 Å². The molecular formula is C15H17F2N3O. The average molecular weight is 293 g/mol. The number of nitriles is 1. The fourth-order valence-corrected chi connectivity index (χ4v) is 2.25. The monoisotopic (exact) mass is 293 g/mol. The van der Waals surface area contributed by atoms with Gasteiger partial charge in [0.15, 0.2) is 0 Å². The standard InChI is InChI=1S/C15H17F2N3O/c1-2-6-20-13-4-3-11(9-18)8-12(13)19-15(20)5-7-21-10-14(16)17/h3-4,8,14H,2,5-7,10H2,1H3. The summed E-state index contributed by atoms with van der Waals surface area (Å²) in [5, 5.41) is 8.93. The lowest BCUT2D eigenvalue weighted by Crippen LogP contribution is -2.10. The van der Waals surface area contributed by atoms with E-state index in [1.807, 2.05) is 6.07 Å². The van der Waals surface area contributed by atoms with Crippen LogP contribution in [0.4, 0.5) is 8.78 Å². The second-order valence-corrected chi connectivity index (χ2v) is 4.71. The van der Waals surface area contributed by atoms with Gasteiger partial charge >= 0.3 is 0 Å². The van der Waals surface area contributed by atoms with Gasteiger partial charge in [0, 0.05) is 13.0 Å². The maximum atomic E-state index is 12.0. The first-order valence-corrected chi connectivity index (χ1v) is 6.90. The quantitative estimate of drug-likeness (QED) is 0.737. The van der Waals surface area contributed by atoms with Gasteiger partial charge in [0.2, 0.25) is 0 Å². The van der Waals surface area contributed by atoms with Crippen LogP contribution in [0.5, 0.6) is 0 Å². The Balaban J connectivity index is 2.20. The molecule has 1 heterocycles. The summed E-state index contributed by atoms with van der Waals surface area (Å²) in [5.41, 5.74) is 2.27. The Labute approximate surface area is 122 Å². The molecule has 1 aromatic heterocycles. The third kappa shape index (κ3) is 3.76. The topological polar surface area (TPSA) is 50.8 Å². The van der Waals surface area contributed by atoms with E-state index >= 15 is 0 Å². The van der Waals surface area contributed by atoms with Gasteiger partial charge in [0.1, 0.15) is 12.4 Å². The van der Waals surface area contributed by atoms with Gasteiger partial charge in [-0.1, -0.05) is 6.92 Å². The molecule has 0 bridgehead atoms. The number of nitrogens with zero attached hydrogens (tertiary/aromatic N) is 3. The van der Waals surface area contributed by atoms with Crippen molar-refractivity contribution in [3.05, 3.63) is 29.6 Å². The lowest BCUT2D eigenvalue weighted by atomic mass is 10.2. The molecule has 0 aliphatic heterocycles. The van der Waals surface area contributed by atoms with Crippen LogP contribution < -0.4 is 0 Å². The van der Waals surface area contributed by atoms with Gasteiger partial charge in [-0.2, -0.15) is 5.26 Å². The lowest BCUT2D eigenvalue weighted by Gasteiger charge is -2.08. The summed E-state index contributed by atoms with van der Waals surface area (Å²) in [7, 11) is 0. The summed E-state index contributed by atoms with van der Waals surface area (Å²) >= 11 is 0. The van der Waals surface area contributed by atoms with E-state index in [1.54, 1.807) is 12.1 Å². The summed E-state index contributed by atoms with van der Waals surface area (Å²) < 4.78 is 31.0. The molecule has 0 aliphatic carbocycles. The third-order valence-electron chi connectivity index (χ3n) is 3.12. The first-order valence-electron chi connectivity index (χ1n) is 6.90. The predicted octanol–water partition coefficient (Wildman–Crippen LogP) is 3.14. The highest BCUT2D eigenvalue weighted by Gasteiger charge is 2.11. The number of rotatable bonds is 7. The Morgan fingerprint density at radius 2 is 2.24 bits per heavy atom. The number of imidazole rings is 1. The van der Waals surface area contributed by atoms with Crippen LogP contribution in [0, 0.1) is 11.3 Å². The van der Waals surface area contributed by atoms with Gasteiger partial charge in [0.25, 0.3) is 6.43 Å². The van der Waals surface area contributed by atoms with E-state index in [-0.39, 0.29) is 6.61 Å². The number of aryl methyl sites for hydroxylation is 1. The number of benzene rings is 1. The van der Waals surface area contributed by atoms with E-state index in [0.717, 1.165) is 29.8 Å². The molecule has 0 unspecified atom stereocenters. The maximum Gasteiger partial charge on any atom is 0.261 e. The van der Waals surface area contributed by atoms with E-state index in [4.69, 9.17) is 10.00 Å². The van der Waals surface area contributed by atoms with Gasteiger partial charge in [-0.15, -0.1) is 0 Å². The fraction of sp³-hybridized carbons (Fsp3) is 0.467. The zero-order chi connectivity index (χ0) is 15.2. The minimum atomic E-state index is -2.45. The first kappa shape index (κ1) is 15.4. The molecule has 6 heteroatoms. The average Bonchev–Trinajstić information content (AvgIpc) is 2.81. The Morgan fingerprint density at radius 3 is 2.90 bits per heavy atom. The van der Waals surface area contributed by atoms with Gasteiger partial charge < -0.3 is 9.30 Å². The highest BCUT2D eigenvalue weighted by atomic mass is 19.3. The lowest BCUT2D eigenvalue weighted by molar-refractivity contribution is 0.0181. The van der Waals surface area contributed by atoms with Gasteiger partial charge in [-0.25, -0.2) is 13.8 Å². The van der Waals surface area contributed by atoms with Crippen LogP contribution in [0.1, 0.15) is 24.7 Å². The molecule has 4 nitrogen and oxygen atoms in total. The molecule has 0 N–H and O–H groups in total. The van der Waals surface area contributed by atoms with Crippen molar-refractivity contribution in [2.24, 2.45) is 0 Å². The van der Waals surface area contributed by atoms with Crippen molar-refractivity contribution in [2.75, 3.05) is 13.2 Å². The van der Waals surface area contributed by atoms with Gasteiger partial charge in [-0.05, 0) is 24.6 Å². The zero-order valence-corrected chi connectivity index (χ0v) is 11.9. The van der Waals surface area contributed by atoms with Crippen molar-refractivity contribution in [1.82, 2.24) is 9.55 Å². The highest BCUT2D eigenvalue weighted by Crippen LogP contribution is 2.19.